The van der Waals surface area contributed by atoms with E-state index in [2.05, 4.69) is 10.4 Å². The molecule has 2 rings (SSSR count). The van der Waals surface area contributed by atoms with Crippen LogP contribution in [0.5, 0.6) is 0 Å². The molecule has 1 N–H and O–H groups in total. The van der Waals surface area contributed by atoms with E-state index in [1.54, 1.807) is 4.90 Å². The fourth-order valence-electron chi connectivity index (χ4n) is 2.96. The van der Waals surface area contributed by atoms with E-state index >= 15 is 0 Å². The lowest BCUT2D eigenvalue weighted by atomic mass is 9.89. The molecule has 6 nitrogen and oxygen atoms in total. The van der Waals surface area contributed by atoms with Gasteiger partial charge in [0.05, 0.1) is 17.9 Å². The van der Waals surface area contributed by atoms with Gasteiger partial charge in [-0.15, -0.1) is 0 Å². The van der Waals surface area contributed by atoms with Crippen LogP contribution in [-0.2, 0) is 22.7 Å². The second-order valence-electron chi connectivity index (χ2n) is 5.59. The van der Waals surface area contributed by atoms with Crippen LogP contribution < -0.4 is 5.32 Å². The van der Waals surface area contributed by atoms with Gasteiger partial charge in [-0.3, -0.25) is 14.3 Å². The summed E-state index contributed by atoms with van der Waals surface area (Å²) in [5.41, 5.74) is 1.15. The molecule has 0 bridgehead atoms. The normalized spacial score (nSPS) is 18.0. The molecule has 6 heteroatoms. The molecule has 0 atom stereocenters. The molecule has 1 aromatic rings. The molecule has 0 unspecified atom stereocenters. The van der Waals surface area contributed by atoms with Gasteiger partial charge in [-0.25, -0.2) is 0 Å². The first kappa shape index (κ1) is 15.5. The van der Waals surface area contributed by atoms with Crippen molar-refractivity contribution in [2.75, 3.05) is 6.54 Å². The Hall–Kier alpha value is -1.85. The highest BCUT2D eigenvalue weighted by atomic mass is 16.2. The van der Waals surface area contributed by atoms with Gasteiger partial charge in [0.25, 0.3) is 0 Å². The second-order valence-corrected chi connectivity index (χ2v) is 5.59. The summed E-state index contributed by atoms with van der Waals surface area (Å²) in [6.07, 6.45) is 1.22. The number of aromatic nitrogens is 2. The number of piperazine rings is 1. The number of hydrogen-bond donors (Lipinski definition) is 1. The summed E-state index contributed by atoms with van der Waals surface area (Å²) >= 11 is 0. The first-order valence-corrected chi connectivity index (χ1v) is 7.59. The third-order valence-corrected chi connectivity index (χ3v) is 4.25. The average Bonchev–Trinajstić information content (AvgIpc) is 2.82. The molecule has 0 aliphatic carbocycles. The zero-order chi connectivity index (χ0) is 15.6. The van der Waals surface area contributed by atoms with Crippen molar-refractivity contribution in [3.8, 4) is 0 Å². The number of rotatable bonds is 5. The Bertz CT molecular complexity index is 546. The maximum Gasteiger partial charge on any atom is 0.249 e. The number of carbonyl (C=O) groups is 2. The monoisotopic (exact) mass is 292 g/mol. The van der Waals surface area contributed by atoms with E-state index in [0.717, 1.165) is 17.9 Å². The molecule has 0 spiro atoms. The van der Waals surface area contributed by atoms with Crippen LogP contribution >= 0.6 is 0 Å². The van der Waals surface area contributed by atoms with Crippen molar-refractivity contribution in [2.45, 2.75) is 59.2 Å². The lowest BCUT2D eigenvalue weighted by Crippen LogP contribution is -2.65. The van der Waals surface area contributed by atoms with Crippen LogP contribution in [0, 0.1) is 6.92 Å². The fourth-order valence-corrected chi connectivity index (χ4v) is 2.96. The largest absolute Gasteiger partial charge is 0.340 e. The highest BCUT2D eigenvalue weighted by Gasteiger charge is 2.44. The number of carbonyl (C=O) groups excluding carboxylic acids is 2. The molecule has 1 fully saturated rings. The van der Waals surface area contributed by atoms with E-state index < -0.39 is 5.54 Å². The molecule has 1 saturated heterocycles. The van der Waals surface area contributed by atoms with Crippen LogP contribution in [0.4, 0.5) is 0 Å². The molecule has 0 aromatic carbocycles. The SMILES string of the molecule is CCn1nc(C)cc1CN1CC(=O)NC(CC)(CC)C1=O. The van der Waals surface area contributed by atoms with Gasteiger partial charge in [0.15, 0.2) is 0 Å². The van der Waals surface area contributed by atoms with Gasteiger partial charge in [-0.2, -0.15) is 5.10 Å². The Morgan fingerprint density at radius 1 is 1.29 bits per heavy atom. The number of hydrogen-bond acceptors (Lipinski definition) is 3. The Labute approximate surface area is 125 Å². The summed E-state index contributed by atoms with van der Waals surface area (Å²) < 4.78 is 1.88. The van der Waals surface area contributed by atoms with Gasteiger partial charge < -0.3 is 10.2 Å². The zero-order valence-electron chi connectivity index (χ0n) is 13.3. The van der Waals surface area contributed by atoms with Crippen LogP contribution in [-0.4, -0.2) is 38.6 Å². The Morgan fingerprint density at radius 2 is 1.95 bits per heavy atom. The quantitative estimate of drug-likeness (QED) is 0.887. The van der Waals surface area contributed by atoms with Crippen LogP contribution in [0.1, 0.15) is 45.0 Å². The van der Waals surface area contributed by atoms with Crippen LogP contribution in [0.15, 0.2) is 6.07 Å². The second kappa shape index (κ2) is 5.87. The van der Waals surface area contributed by atoms with Crippen LogP contribution in [0.3, 0.4) is 0 Å². The molecule has 1 aromatic heterocycles. The number of amides is 2. The lowest BCUT2D eigenvalue weighted by Gasteiger charge is -2.41. The van der Waals surface area contributed by atoms with Crippen LogP contribution in [0.2, 0.25) is 0 Å². The van der Waals surface area contributed by atoms with E-state index in [1.807, 2.05) is 38.4 Å². The minimum Gasteiger partial charge on any atom is -0.340 e. The van der Waals surface area contributed by atoms with Gasteiger partial charge in [0, 0.05) is 6.54 Å². The smallest absolute Gasteiger partial charge is 0.249 e. The van der Waals surface area contributed by atoms with Gasteiger partial charge in [0.2, 0.25) is 11.8 Å². The van der Waals surface area contributed by atoms with Crippen LogP contribution in [0.25, 0.3) is 0 Å². The maximum absolute atomic E-state index is 12.7. The van der Waals surface area contributed by atoms with Crippen molar-refractivity contribution in [1.82, 2.24) is 20.0 Å². The zero-order valence-corrected chi connectivity index (χ0v) is 13.3. The van der Waals surface area contributed by atoms with Gasteiger partial charge in [-0.05, 0) is 32.8 Å². The van der Waals surface area contributed by atoms with E-state index in [-0.39, 0.29) is 18.4 Å². The van der Waals surface area contributed by atoms with E-state index in [1.165, 1.54) is 0 Å². The van der Waals surface area contributed by atoms with Crippen molar-refractivity contribution < 1.29 is 9.59 Å². The molecule has 2 heterocycles. The Morgan fingerprint density at radius 3 is 2.52 bits per heavy atom. The predicted molar refractivity (Wildman–Crippen MR) is 79.5 cm³/mol. The highest BCUT2D eigenvalue weighted by Crippen LogP contribution is 2.23. The van der Waals surface area contributed by atoms with Crippen molar-refractivity contribution >= 4 is 11.8 Å². The molecule has 21 heavy (non-hydrogen) atoms. The van der Waals surface area contributed by atoms with Gasteiger partial charge in [-0.1, -0.05) is 13.8 Å². The fraction of sp³-hybridized carbons (Fsp3) is 0.667. The summed E-state index contributed by atoms with van der Waals surface area (Å²) in [4.78, 5) is 26.4. The molecular weight excluding hydrogens is 268 g/mol. The molecule has 116 valence electrons. The third-order valence-electron chi connectivity index (χ3n) is 4.25. The molecule has 0 radical (unpaired) electrons. The first-order chi connectivity index (χ1) is 9.95. The van der Waals surface area contributed by atoms with Crippen molar-refractivity contribution in [2.24, 2.45) is 0 Å². The summed E-state index contributed by atoms with van der Waals surface area (Å²) in [6.45, 7) is 9.13. The summed E-state index contributed by atoms with van der Waals surface area (Å²) in [5, 5.41) is 7.27. The van der Waals surface area contributed by atoms with Crippen molar-refractivity contribution in [3.05, 3.63) is 17.5 Å². The standard InChI is InChI=1S/C15H24N4O2/c1-5-15(6-2)14(21)18(10-13(20)16-15)9-12-8-11(4)17-19(12)7-3/h8H,5-7,9-10H2,1-4H3,(H,16,20). The Balaban J connectivity index is 2.26. The molecular formula is C15H24N4O2. The van der Waals surface area contributed by atoms with Gasteiger partial charge in [0.1, 0.15) is 12.1 Å². The highest BCUT2D eigenvalue weighted by molar-refractivity contribution is 5.97. The number of aryl methyl sites for hydroxylation is 2. The molecule has 1 aliphatic heterocycles. The van der Waals surface area contributed by atoms with E-state index in [0.29, 0.717) is 19.4 Å². The lowest BCUT2D eigenvalue weighted by molar-refractivity contribution is -0.151. The summed E-state index contributed by atoms with van der Waals surface area (Å²) in [5.74, 6) is -0.0776. The van der Waals surface area contributed by atoms with Gasteiger partial charge >= 0.3 is 0 Å². The topological polar surface area (TPSA) is 67.2 Å². The maximum atomic E-state index is 12.7. The van der Waals surface area contributed by atoms with E-state index in [4.69, 9.17) is 0 Å². The van der Waals surface area contributed by atoms with Crippen molar-refractivity contribution in [1.29, 1.82) is 0 Å². The number of nitrogens with zero attached hydrogens (tertiary/aromatic N) is 3. The minimum absolute atomic E-state index is 0.00797. The number of nitrogens with one attached hydrogen (secondary N) is 1. The Kier molecular flexibility index (Phi) is 4.34. The average molecular weight is 292 g/mol. The molecule has 2 amide bonds. The minimum atomic E-state index is -0.749. The molecule has 0 saturated carbocycles. The summed E-state index contributed by atoms with van der Waals surface area (Å²) in [6, 6.07) is 1.98. The van der Waals surface area contributed by atoms with Crippen molar-refractivity contribution in [3.63, 3.8) is 0 Å². The summed E-state index contributed by atoms with van der Waals surface area (Å²) in [7, 11) is 0. The molecule has 1 aliphatic rings. The van der Waals surface area contributed by atoms with E-state index in [9.17, 15) is 9.59 Å². The first-order valence-electron chi connectivity index (χ1n) is 7.59. The predicted octanol–water partition coefficient (Wildman–Crippen LogP) is 1.23. The third kappa shape index (κ3) is 2.80.